The Bertz CT molecular complexity index is 1670. The molecule has 0 radical (unpaired) electrons. The maximum atomic E-state index is 6.66. The van der Waals surface area contributed by atoms with Gasteiger partial charge in [0.05, 0.1) is 11.9 Å². The van der Waals surface area contributed by atoms with E-state index in [9.17, 15) is 0 Å². The van der Waals surface area contributed by atoms with Gasteiger partial charge < -0.3 is 11.1 Å². The van der Waals surface area contributed by atoms with Crippen LogP contribution in [0.5, 0.6) is 0 Å². The fraction of sp³-hybridized carbons (Fsp3) is 0.176. The first-order chi connectivity index (χ1) is 19.6. The van der Waals surface area contributed by atoms with E-state index in [0.717, 1.165) is 16.8 Å². The molecule has 0 saturated carbocycles. The van der Waals surface area contributed by atoms with Gasteiger partial charge in [-0.15, -0.1) is 0 Å². The maximum absolute atomic E-state index is 6.66. The number of fused-ring (bicyclic) bond motifs is 3. The van der Waals surface area contributed by atoms with Crippen molar-refractivity contribution in [3.8, 4) is 0 Å². The van der Waals surface area contributed by atoms with E-state index in [4.69, 9.17) is 10.7 Å². The zero-order valence-electron chi connectivity index (χ0n) is 22.4. The largest absolute Gasteiger partial charge is 0.308 e. The van der Waals surface area contributed by atoms with E-state index >= 15 is 0 Å². The number of hydrogen-bond donors (Lipinski definition) is 4. The average molecular weight is 526 g/mol. The summed E-state index contributed by atoms with van der Waals surface area (Å²) in [6, 6.07) is 38.4. The summed E-state index contributed by atoms with van der Waals surface area (Å²) >= 11 is 0. The van der Waals surface area contributed by atoms with Crippen LogP contribution in [0.25, 0.3) is 21.5 Å². The van der Waals surface area contributed by atoms with Crippen LogP contribution in [-0.2, 0) is 0 Å². The van der Waals surface area contributed by atoms with Crippen molar-refractivity contribution in [1.29, 1.82) is 0 Å². The van der Waals surface area contributed by atoms with Gasteiger partial charge >= 0.3 is 0 Å². The number of nitrogens with two attached hydrogens (primary N) is 2. The summed E-state index contributed by atoms with van der Waals surface area (Å²) in [6.07, 6.45) is 1.34. The third kappa shape index (κ3) is 4.72. The van der Waals surface area contributed by atoms with Crippen molar-refractivity contribution in [3.63, 3.8) is 0 Å². The topological polar surface area (TPSA) is 91.4 Å². The molecule has 198 valence electrons. The zero-order chi connectivity index (χ0) is 27.1. The van der Waals surface area contributed by atoms with Gasteiger partial charge in [0.15, 0.2) is 12.3 Å². The van der Waals surface area contributed by atoms with Crippen molar-refractivity contribution in [2.45, 2.75) is 37.6 Å². The van der Waals surface area contributed by atoms with Gasteiger partial charge in [-0.2, -0.15) is 0 Å². The molecule has 2 aliphatic heterocycles. The van der Waals surface area contributed by atoms with Gasteiger partial charge in [0.1, 0.15) is 12.2 Å². The second kappa shape index (κ2) is 10.4. The highest BCUT2D eigenvalue weighted by Crippen LogP contribution is 2.29. The number of benzene rings is 5. The molecule has 5 aromatic rings. The Labute approximate surface area is 234 Å². The van der Waals surface area contributed by atoms with E-state index in [2.05, 4.69) is 125 Å². The van der Waals surface area contributed by atoms with Crippen LogP contribution in [0, 0.1) is 0 Å². The highest BCUT2D eigenvalue weighted by molar-refractivity contribution is 5.88. The van der Waals surface area contributed by atoms with Gasteiger partial charge in [-0.1, -0.05) is 97.1 Å². The van der Waals surface area contributed by atoms with Crippen molar-refractivity contribution >= 4 is 33.5 Å². The highest BCUT2D eigenvalue weighted by Gasteiger charge is 2.35. The standard InChI is InChI=1S/C34H32N6/c1-21(37-31(35)30-29-13-7-6-12-28(29)20-36-30)32-38-33(26-16-14-22-8-2-4-10-24(22)18-26)40-34(39-32)27-17-15-23-9-3-5-11-25(23)19-27/h2-20,30-34,38-40H,35H2,1H3/p+1. The summed E-state index contributed by atoms with van der Waals surface area (Å²) in [5, 5.41) is 14.9. The van der Waals surface area contributed by atoms with E-state index in [1.54, 1.807) is 0 Å². The van der Waals surface area contributed by atoms with Gasteiger partial charge in [-0.3, -0.25) is 9.98 Å². The summed E-state index contributed by atoms with van der Waals surface area (Å²) < 4.78 is 0. The molecule has 2 heterocycles. The lowest BCUT2D eigenvalue weighted by atomic mass is 10.0. The third-order valence-corrected chi connectivity index (χ3v) is 8.13. The summed E-state index contributed by atoms with van der Waals surface area (Å²) in [5.74, 6) is 0. The Balaban J connectivity index is 1.22. The zero-order valence-corrected chi connectivity index (χ0v) is 22.4. The summed E-state index contributed by atoms with van der Waals surface area (Å²) in [5.41, 5.74) is 12.3. The molecule has 0 spiro atoms. The highest BCUT2D eigenvalue weighted by atomic mass is 15.4. The Morgan fingerprint density at radius 3 is 2.15 bits per heavy atom. The Kier molecular flexibility index (Phi) is 6.46. The number of nitrogens with one attached hydrogen (secondary N) is 2. The van der Waals surface area contributed by atoms with Crippen LogP contribution < -0.4 is 21.7 Å². The van der Waals surface area contributed by atoms with E-state index in [0.29, 0.717) is 0 Å². The average Bonchev–Trinajstić information content (AvgIpc) is 3.45. The molecule has 0 amide bonds. The van der Waals surface area contributed by atoms with Crippen molar-refractivity contribution in [2.75, 3.05) is 0 Å². The lowest BCUT2D eigenvalue weighted by Crippen LogP contribution is -3.00. The van der Waals surface area contributed by atoms with Crippen LogP contribution >= 0.6 is 0 Å². The Morgan fingerprint density at radius 1 is 0.775 bits per heavy atom. The second-order valence-electron chi connectivity index (χ2n) is 10.7. The predicted molar refractivity (Wildman–Crippen MR) is 163 cm³/mol. The number of nitrogens with zero attached hydrogens (tertiary/aromatic N) is 2. The van der Waals surface area contributed by atoms with E-state index in [1.807, 2.05) is 18.3 Å². The molecule has 5 unspecified atom stereocenters. The first kappa shape index (κ1) is 24.8. The molecule has 5 aromatic carbocycles. The molecule has 6 nitrogen and oxygen atoms in total. The van der Waals surface area contributed by atoms with Crippen molar-refractivity contribution < 1.29 is 5.32 Å². The van der Waals surface area contributed by atoms with Gasteiger partial charge in [-0.25, -0.2) is 10.6 Å². The fourth-order valence-corrected chi connectivity index (χ4v) is 5.96. The minimum atomic E-state index is -0.455. The van der Waals surface area contributed by atoms with Gasteiger partial charge in [0, 0.05) is 11.8 Å². The quantitative estimate of drug-likeness (QED) is 0.251. The smallest absolute Gasteiger partial charge is 0.181 e. The van der Waals surface area contributed by atoms with Crippen LogP contribution in [0.3, 0.4) is 0 Å². The first-order valence-corrected chi connectivity index (χ1v) is 13.9. The summed E-state index contributed by atoms with van der Waals surface area (Å²) in [6.45, 7) is 2.07. The molecule has 0 bridgehead atoms. The van der Waals surface area contributed by atoms with Crippen molar-refractivity contribution in [3.05, 3.63) is 131 Å². The minimum Gasteiger partial charge on any atom is -0.308 e. The van der Waals surface area contributed by atoms with Gasteiger partial charge in [0.2, 0.25) is 0 Å². The van der Waals surface area contributed by atoms with Gasteiger partial charge in [0.25, 0.3) is 0 Å². The molecule has 1 saturated heterocycles. The predicted octanol–water partition coefficient (Wildman–Crippen LogP) is 4.69. The number of rotatable bonds is 5. The molecule has 1 fully saturated rings. The molecule has 2 aliphatic rings. The van der Waals surface area contributed by atoms with E-state index in [1.165, 1.54) is 32.7 Å². The Morgan fingerprint density at radius 2 is 1.40 bits per heavy atom. The molecule has 40 heavy (non-hydrogen) atoms. The fourth-order valence-electron chi connectivity index (χ4n) is 5.96. The van der Waals surface area contributed by atoms with Crippen LogP contribution in [-0.4, -0.2) is 24.3 Å². The number of aliphatic imine (C=N–C) groups is 2. The van der Waals surface area contributed by atoms with Crippen LogP contribution in [0.4, 0.5) is 0 Å². The summed E-state index contributed by atoms with van der Waals surface area (Å²) in [7, 11) is 0. The Hall–Kier alpha value is -4.20. The molecular weight excluding hydrogens is 492 g/mol. The molecule has 7 rings (SSSR count). The molecule has 6 heteroatoms. The van der Waals surface area contributed by atoms with Gasteiger partial charge in [-0.05, 0) is 57.3 Å². The lowest BCUT2D eigenvalue weighted by molar-refractivity contribution is -0.734. The monoisotopic (exact) mass is 525 g/mol. The van der Waals surface area contributed by atoms with Crippen LogP contribution in [0.15, 0.2) is 119 Å². The molecule has 0 aliphatic carbocycles. The van der Waals surface area contributed by atoms with E-state index in [-0.39, 0.29) is 24.5 Å². The van der Waals surface area contributed by atoms with Crippen LogP contribution in [0.2, 0.25) is 0 Å². The SMILES string of the molecule is CC(=NC(N)C1N=Cc2ccccc21)C1NC(c2ccc3ccccc3c2)NC(c2ccc3ccccc3c2)[NH2+]1. The molecule has 0 aromatic heterocycles. The van der Waals surface area contributed by atoms with Crippen molar-refractivity contribution in [1.82, 2.24) is 10.6 Å². The lowest BCUT2D eigenvalue weighted by Gasteiger charge is -2.36. The van der Waals surface area contributed by atoms with Crippen molar-refractivity contribution in [2.24, 2.45) is 15.7 Å². The second-order valence-corrected chi connectivity index (χ2v) is 10.7. The molecule has 6 N–H and O–H groups in total. The van der Waals surface area contributed by atoms with E-state index < -0.39 is 6.17 Å². The third-order valence-electron chi connectivity index (χ3n) is 8.13. The van der Waals surface area contributed by atoms with Crippen LogP contribution in [0.1, 0.15) is 47.6 Å². The minimum absolute atomic E-state index is 0.0268. The number of quaternary nitrogens is 1. The first-order valence-electron chi connectivity index (χ1n) is 13.9. The molecule has 5 atom stereocenters. The number of hydrogen-bond acceptors (Lipinski definition) is 5. The molecular formula is C34H33N6+. The normalized spacial score (nSPS) is 23.4. The summed E-state index contributed by atoms with van der Waals surface area (Å²) in [4.78, 5) is 9.68. The maximum Gasteiger partial charge on any atom is 0.181 e.